The van der Waals surface area contributed by atoms with Crippen LogP contribution in [-0.2, 0) is 6.54 Å². The molecule has 7 nitrogen and oxygen atoms in total. The van der Waals surface area contributed by atoms with Gasteiger partial charge in [-0.05, 0) is 35.9 Å². The van der Waals surface area contributed by atoms with Crippen LogP contribution in [0, 0.1) is 5.82 Å². The molecule has 0 radical (unpaired) electrons. The number of rotatable bonds is 6. The van der Waals surface area contributed by atoms with E-state index < -0.39 is 17.8 Å². The molecule has 2 N–H and O–H groups in total. The third-order valence-corrected chi connectivity index (χ3v) is 3.68. The number of ether oxygens (including phenoxy) is 1. The summed E-state index contributed by atoms with van der Waals surface area (Å²) in [7, 11) is 1.57. The van der Waals surface area contributed by atoms with Crippen LogP contribution in [0.1, 0.15) is 22.3 Å². The molecule has 0 aliphatic heterocycles. The van der Waals surface area contributed by atoms with Crippen molar-refractivity contribution in [1.82, 2.24) is 14.8 Å². The number of hydrogen-bond acceptors (Lipinski definition) is 5. The minimum absolute atomic E-state index is 0.0730. The summed E-state index contributed by atoms with van der Waals surface area (Å²) in [6.45, 7) is 0.132. The number of nitrogens with zero attached hydrogens (tertiary/aromatic N) is 3. The van der Waals surface area contributed by atoms with Gasteiger partial charge in [-0.15, -0.1) is 5.10 Å². The number of aliphatic hydroxyl groups excluding tert-OH is 1. The third kappa shape index (κ3) is 4.22. The van der Waals surface area contributed by atoms with E-state index in [9.17, 15) is 14.3 Å². The van der Waals surface area contributed by atoms with E-state index in [1.165, 1.54) is 29.2 Å². The van der Waals surface area contributed by atoms with Crippen LogP contribution in [-0.4, -0.2) is 32.9 Å². The molecule has 3 aromatic rings. The summed E-state index contributed by atoms with van der Waals surface area (Å²) in [6.07, 6.45) is 0.537. The molecule has 1 amide bonds. The number of amides is 1. The highest BCUT2D eigenvalue weighted by molar-refractivity contribution is 6.01. The standard InChI is InChI=1S/C18H17FN4O3/c1-26-15-7-5-12(6-8-15)16(24)10-23-11-20-17(22-23)18(25)21-14-4-2-3-13(19)9-14/h2-9,11,16,24H,10H2,1H3,(H,21,25)/t16-/m0/s1. The van der Waals surface area contributed by atoms with Gasteiger partial charge in [-0.1, -0.05) is 18.2 Å². The van der Waals surface area contributed by atoms with Gasteiger partial charge in [-0.3, -0.25) is 4.79 Å². The first-order valence-corrected chi connectivity index (χ1v) is 7.83. The van der Waals surface area contributed by atoms with Gasteiger partial charge in [0.2, 0.25) is 5.82 Å². The summed E-state index contributed by atoms with van der Waals surface area (Å²) in [6, 6.07) is 12.5. The molecule has 1 aromatic heterocycles. The van der Waals surface area contributed by atoms with Gasteiger partial charge in [0.15, 0.2) is 0 Å². The molecule has 0 saturated carbocycles. The number of benzene rings is 2. The maximum Gasteiger partial charge on any atom is 0.295 e. The van der Waals surface area contributed by atoms with E-state index in [0.717, 1.165) is 0 Å². The van der Waals surface area contributed by atoms with Gasteiger partial charge in [0.05, 0.1) is 19.8 Å². The van der Waals surface area contributed by atoms with Crippen molar-refractivity contribution < 1.29 is 19.0 Å². The third-order valence-electron chi connectivity index (χ3n) is 3.68. The monoisotopic (exact) mass is 356 g/mol. The average Bonchev–Trinajstić information content (AvgIpc) is 3.10. The molecule has 134 valence electrons. The lowest BCUT2D eigenvalue weighted by molar-refractivity contribution is 0.101. The number of methoxy groups -OCH3 is 1. The quantitative estimate of drug-likeness (QED) is 0.708. The summed E-state index contributed by atoms with van der Waals surface area (Å²) in [4.78, 5) is 16.0. The first kappa shape index (κ1) is 17.6. The van der Waals surface area contributed by atoms with Gasteiger partial charge >= 0.3 is 0 Å². The fourth-order valence-corrected chi connectivity index (χ4v) is 2.35. The SMILES string of the molecule is COc1ccc([C@@H](O)Cn2cnc(C(=O)Nc3cccc(F)c3)n2)cc1. The van der Waals surface area contributed by atoms with E-state index in [-0.39, 0.29) is 12.4 Å². The highest BCUT2D eigenvalue weighted by Crippen LogP contribution is 2.18. The van der Waals surface area contributed by atoms with E-state index >= 15 is 0 Å². The molecular weight excluding hydrogens is 339 g/mol. The van der Waals surface area contributed by atoms with Gasteiger partial charge in [0, 0.05) is 5.69 Å². The average molecular weight is 356 g/mol. The number of hydrogen-bond donors (Lipinski definition) is 2. The predicted octanol–water partition coefficient (Wildman–Crippen LogP) is 2.41. The molecule has 0 bridgehead atoms. The number of anilines is 1. The van der Waals surface area contributed by atoms with E-state index in [0.29, 0.717) is 17.0 Å². The van der Waals surface area contributed by atoms with Crippen molar-refractivity contribution in [2.75, 3.05) is 12.4 Å². The Kier molecular flexibility index (Phi) is 5.23. The Morgan fingerprint density at radius 2 is 2.08 bits per heavy atom. The minimum atomic E-state index is -0.818. The molecule has 0 unspecified atom stereocenters. The number of halogens is 1. The molecule has 0 saturated heterocycles. The second-order valence-corrected chi connectivity index (χ2v) is 5.54. The molecule has 0 fully saturated rings. The van der Waals surface area contributed by atoms with Crippen LogP contribution in [0.15, 0.2) is 54.9 Å². The Bertz CT molecular complexity index is 895. The van der Waals surface area contributed by atoms with E-state index in [2.05, 4.69) is 15.4 Å². The Morgan fingerprint density at radius 1 is 1.31 bits per heavy atom. The molecule has 2 aromatic carbocycles. The zero-order valence-corrected chi connectivity index (χ0v) is 14.0. The van der Waals surface area contributed by atoms with E-state index in [1.54, 1.807) is 37.4 Å². The van der Waals surface area contributed by atoms with E-state index in [1.807, 2.05) is 0 Å². The molecule has 1 heterocycles. The summed E-state index contributed by atoms with van der Waals surface area (Å²) in [5.74, 6) is -0.397. The predicted molar refractivity (Wildman–Crippen MR) is 92.3 cm³/mol. The molecule has 0 aliphatic rings. The minimum Gasteiger partial charge on any atom is -0.497 e. The maximum absolute atomic E-state index is 13.2. The van der Waals surface area contributed by atoms with Gasteiger partial charge in [-0.2, -0.15) is 0 Å². The summed E-state index contributed by atoms with van der Waals surface area (Å²) in [5, 5.41) is 16.8. The second kappa shape index (κ2) is 7.75. The fourth-order valence-electron chi connectivity index (χ4n) is 2.35. The van der Waals surface area contributed by atoms with E-state index in [4.69, 9.17) is 4.74 Å². The Hall–Kier alpha value is -3.26. The van der Waals surface area contributed by atoms with Crippen molar-refractivity contribution in [2.24, 2.45) is 0 Å². The lowest BCUT2D eigenvalue weighted by Gasteiger charge is -2.11. The number of carbonyl (C=O) groups is 1. The topological polar surface area (TPSA) is 89.3 Å². The van der Waals surface area contributed by atoms with Crippen molar-refractivity contribution in [3.63, 3.8) is 0 Å². The lowest BCUT2D eigenvalue weighted by atomic mass is 10.1. The van der Waals surface area contributed by atoms with Crippen LogP contribution in [0.3, 0.4) is 0 Å². The van der Waals surface area contributed by atoms with Gasteiger partial charge in [-0.25, -0.2) is 14.1 Å². The highest BCUT2D eigenvalue weighted by atomic mass is 19.1. The van der Waals surface area contributed by atoms with Crippen molar-refractivity contribution in [2.45, 2.75) is 12.6 Å². The smallest absolute Gasteiger partial charge is 0.295 e. The Labute approximate surface area is 149 Å². The Balaban J connectivity index is 1.64. The largest absolute Gasteiger partial charge is 0.497 e. The van der Waals surface area contributed by atoms with Crippen molar-refractivity contribution in [3.05, 3.63) is 72.1 Å². The molecule has 3 rings (SSSR count). The lowest BCUT2D eigenvalue weighted by Crippen LogP contribution is -2.15. The second-order valence-electron chi connectivity index (χ2n) is 5.54. The van der Waals surface area contributed by atoms with Gasteiger partial charge < -0.3 is 15.2 Å². The van der Waals surface area contributed by atoms with Gasteiger partial charge in [0.1, 0.15) is 17.9 Å². The normalized spacial score (nSPS) is 11.8. The summed E-state index contributed by atoms with van der Waals surface area (Å²) < 4.78 is 19.6. The molecule has 8 heteroatoms. The highest BCUT2D eigenvalue weighted by Gasteiger charge is 2.15. The molecule has 1 atom stereocenters. The molecule has 0 aliphatic carbocycles. The maximum atomic E-state index is 13.2. The molecule has 26 heavy (non-hydrogen) atoms. The first-order valence-electron chi connectivity index (χ1n) is 7.83. The zero-order valence-electron chi connectivity index (χ0n) is 14.0. The number of nitrogens with one attached hydrogen (secondary N) is 1. The number of aromatic nitrogens is 3. The van der Waals surface area contributed by atoms with Crippen LogP contribution in [0.25, 0.3) is 0 Å². The van der Waals surface area contributed by atoms with Crippen LogP contribution >= 0.6 is 0 Å². The van der Waals surface area contributed by atoms with Crippen LogP contribution in [0.2, 0.25) is 0 Å². The zero-order chi connectivity index (χ0) is 18.5. The van der Waals surface area contributed by atoms with Crippen molar-refractivity contribution >= 4 is 11.6 Å². The number of carbonyl (C=O) groups excluding carboxylic acids is 1. The first-order chi connectivity index (χ1) is 12.5. The fraction of sp³-hybridized carbons (Fsp3) is 0.167. The number of aliphatic hydroxyl groups is 1. The molecule has 0 spiro atoms. The van der Waals surface area contributed by atoms with Gasteiger partial charge in [0.25, 0.3) is 5.91 Å². The van der Waals surface area contributed by atoms with Crippen LogP contribution in [0.4, 0.5) is 10.1 Å². The summed E-state index contributed by atoms with van der Waals surface area (Å²) >= 11 is 0. The van der Waals surface area contributed by atoms with Crippen molar-refractivity contribution in [1.29, 1.82) is 0 Å². The Morgan fingerprint density at radius 3 is 2.77 bits per heavy atom. The van der Waals surface area contributed by atoms with Crippen LogP contribution in [0.5, 0.6) is 5.75 Å². The van der Waals surface area contributed by atoms with Crippen LogP contribution < -0.4 is 10.1 Å². The van der Waals surface area contributed by atoms with Crippen molar-refractivity contribution in [3.8, 4) is 5.75 Å². The summed E-state index contributed by atoms with van der Waals surface area (Å²) in [5.41, 5.74) is 0.997. The molecular formula is C18H17FN4O3.